The lowest BCUT2D eigenvalue weighted by molar-refractivity contribution is -0.295. The molecule has 0 spiro atoms. The summed E-state index contributed by atoms with van der Waals surface area (Å²) in [4.78, 5) is 10.9. The molecule has 2 atom stereocenters. The van der Waals surface area contributed by atoms with Gasteiger partial charge in [-0.25, -0.2) is 4.68 Å². The third kappa shape index (κ3) is 5.15. The summed E-state index contributed by atoms with van der Waals surface area (Å²) in [5.74, 6) is -1.02. The zero-order valence-electron chi connectivity index (χ0n) is 14.1. The Morgan fingerprint density at radius 1 is 1.39 bits per heavy atom. The van der Waals surface area contributed by atoms with E-state index in [4.69, 9.17) is 14.6 Å². The van der Waals surface area contributed by atoms with Gasteiger partial charge in [-0.1, -0.05) is 11.8 Å². The molecule has 8 nitrogen and oxygen atoms in total. The van der Waals surface area contributed by atoms with Crippen LogP contribution < -0.4 is 0 Å². The first-order valence-corrected chi connectivity index (χ1v) is 8.54. The Labute approximate surface area is 139 Å². The quantitative estimate of drug-likeness (QED) is 0.809. The number of carboxylic acid groups (broad SMARTS) is 1. The van der Waals surface area contributed by atoms with Gasteiger partial charge >= 0.3 is 5.97 Å². The molecule has 9 heteroatoms. The second-order valence-electron chi connectivity index (χ2n) is 7.07. The number of nitrogens with zero attached hydrogens (tertiary/aromatic N) is 4. The van der Waals surface area contributed by atoms with Crippen molar-refractivity contribution in [3.05, 3.63) is 0 Å². The summed E-state index contributed by atoms with van der Waals surface area (Å²) in [5.41, 5.74) is -0.201. The molecule has 0 unspecified atom stereocenters. The van der Waals surface area contributed by atoms with Crippen LogP contribution in [-0.2, 0) is 19.8 Å². The number of aromatic nitrogens is 4. The van der Waals surface area contributed by atoms with Crippen molar-refractivity contribution in [1.82, 2.24) is 20.2 Å². The Balaban J connectivity index is 1.99. The van der Waals surface area contributed by atoms with E-state index in [9.17, 15) is 4.79 Å². The Morgan fingerprint density at radius 3 is 2.65 bits per heavy atom. The van der Waals surface area contributed by atoms with Crippen LogP contribution in [0.15, 0.2) is 5.16 Å². The molecular weight excluding hydrogens is 320 g/mol. The van der Waals surface area contributed by atoms with Crippen LogP contribution in [-0.4, -0.2) is 55.0 Å². The van der Waals surface area contributed by atoms with Crippen LogP contribution in [0.25, 0.3) is 0 Å². The zero-order valence-corrected chi connectivity index (χ0v) is 15.0. The molecule has 23 heavy (non-hydrogen) atoms. The molecule has 1 aromatic rings. The second kappa shape index (κ2) is 6.74. The van der Waals surface area contributed by atoms with Gasteiger partial charge in [-0.3, -0.25) is 4.79 Å². The molecule has 0 radical (unpaired) electrons. The van der Waals surface area contributed by atoms with Crippen LogP contribution in [0.4, 0.5) is 0 Å². The smallest absolute Gasteiger partial charge is 0.305 e. The highest BCUT2D eigenvalue weighted by Gasteiger charge is 2.36. The number of hydrogen-bond donors (Lipinski definition) is 1. The van der Waals surface area contributed by atoms with Crippen LogP contribution in [0.3, 0.4) is 0 Å². The second-order valence-corrected chi connectivity index (χ2v) is 8.06. The van der Waals surface area contributed by atoms with Gasteiger partial charge < -0.3 is 14.6 Å². The van der Waals surface area contributed by atoms with Crippen molar-refractivity contribution in [2.45, 2.75) is 76.2 Å². The highest BCUT2D eigenvalue weighted by molar-refractivity contribution is 7.99. The fourth-order valence-electron chi connectivity index (χ4n) is 2.50. The molecule has 1 aliphatic heterocycles. The van der Waals surface area contributed by atoms with Crippen molar-refractivity contribution in [1.29, 1.82) is 0 Å². The highest BCUT2D eigenvalue weighted by Crippen LogP contribution is 2.31. The number of carboxylic acids is 1. The van der Waals surface area contributed by atoms with Gasteiger partial charge in [0.05, 0.1) is 24.2 Å². The Bertz CT molecular complexity index is 555. The number of rotatable bonds is 5. The molecule has 0 aliphatic carbocycles. The minimum Gasteiger partial charge on any atom is -0.481 e. The van der Waals surface area contributed by atoms with Gasteiger partial charge in [0, 0.05) is 12.2 Å². The predicted octanol–water partition coefficient (Wildman–Crippen LogP) is 1.91. The molecule has 1 saturated heterocycles. The summed E-state index contributed by atoms with van der Waals surface area (Å²) < 4.78 is 13.3. The van der Waals surface area contributed by atoms with Gasteiger partial charge in [0.1, 0.15) is 0 Å². The predicted molar refractivity (Wildman–Crippen MR) is 84.2 cm³/mol. The lowest BCUT2D eigenvalue weighted by Gasteiger charge is -2.40. The maximum absolute atomic E-state index is 10.9. The van der Waals surface area contributed by atoms with Crippen LogP contribution in [0.2, 0.25) is 0 Å². The van der Waals surface area contributed by atoms with Gasteiger partial charge in [0.2, 0.25) is 5.16 Å². The van der Waals surface area contributed by atoms with Crippen LogP contribution in [0.1, 0.15) is 47.5 Å². The molecule has 1 N–H and O–H groups in total. The summed E-state index contributed by atoms with van der Waals surface area (Å²) in [5, 5.41) is 21.5. The molecule has 1 fully saturated rings. The molecule has 0 amide bonds. The molecule has 2 heterocycles. The van der Waals surface area contributed by atoms with E-state index in [1.165, 1.54) is 11.8 Å². The zero-order chi connectivity index (χ0) is 17.3. The maximum Gasteiger partial charge on any atom is 0.305 e. The van der Waals surface area contributed by atoms with E-state index < -0.39 is 11.8 Å². The van der Waals surface area contributed by atoms with Gasteiger partial charge in [-0.15, -0.1) is 5.10 Å². The van der Waals surface area contributed by atoms with Crippen molar-refractivity contribution in [3.8, 4) is 0 Å². The monoisotopic (exact) mass is 344 g/mol. The third-order valence-electron chi connectivity index (χ3n) is 3.30. The van der Waals surface area contributed by atoms with Crippen molar-refractivity contribution < 1.29 is 19.4 Å². The van der Waals surface area contributed by atoms with E-state index in [1.807, 2.05) is 20.8 Å². The largest absolute Gasteiger partial charge is 0.481 e. The number of ether oxygens (including phenoxy) is 2. The Hall–Kier alpha value is -1.19. The number of thioether (sulfide) groups is 1. The highest BCUT2D eigenvalue weighted by atomic mass is 32.2. The maximum atomic E-state index is 10.9. The first kappa shape index (κ1) is 18.2. The van der Waals surface area contributed by atoms with Crippen LogP contribution >= 0.6 is 11.8 Å². The molecular formula is C14H24N4O4S. The van der Waals surface area contributed by atoms with Gasteiger partial charge in [-0.05, 0) is 45.0 Å². The number of carbonyl (C=O) groups is 1. The minimum absolute atomic E-state index is 0.0202. The standard InChI is InChI=1S/C14H24N4O4S/c1-13(2,3)18-12(15-16-17-18)23-8-10-6-9(7-11(19)20)21-14(4,5)22-10/h9-10H,6-8H2,1-5H3,(H,19,20)/t9-,10+/m1/s1. The SMILES string of the molecule is CC1(C)O[C@H](CSc2nnnn2C(C)(C)C)C[C@H](CC(=O)O)O1. The van der Waals surface area contributed by atoms with E-state index in [-0.39, 0.29) is 24.2 Å². The minimum atomic E-state index is -0.865. The van der Waals surface area contributed by atoms with Crippen LogP contribution in [0, 0.1) is 0 Å². The van der Waals surface area contributed by atoms with Crippen molar-refractivity contribution >= 4 is 17.7 Å². The first-order chi connectivity index (χ1) is 10.6. The summed E-state index contributed by atoms with van der Waals surface area (Å²) in [7, 11) is 0. The first-order valence-electron chi connectivity index (χ1n) is 7.56. The van der Waals surface area contributed by atoms with E-state index in [1.54, 1.807) is 18.5 Å². The third-order valence-corrected chi connectivity index (χ3v) is 4.35. The summed E-state index contributed by atoms with van der Waals surface area (Å²) >= 11 is 1.51. The van der Waals surface area contributed by atoms with Crippen LogP contribution in [0.5, 0.6) is 0 Å². The van der Waals surface area contributed by atoms with Crippen molar-refractivity contribution in [3.63, 3.8) is 0 Å². The molecule has 130 valence electrons. The van der Waals surface area contributed by atoms with Crippen molar-refractivity contribution in [2.75, 3.05) is 5.75 Å². The average molecular weight is 344 g/mol. The molecule has 0 bridgehead atoms. The summed E-state index contributed by atoms with van der Waals surface area (Å²) in [6.45, 7) is 9.70. The molecule has 0 aromatic carbocycles. The molecule has 1 aliphatic rings. The van der Waals surface area contributed by atoms with Crippen molar-refractivity contribution in [2.24, 2.45) is 0 Å². The van der Waals surface area contributed by atoms with Gasteiger partial charge in [0.15, 0.2) is 5.79 Å². The Kier molecular flexibility index (Phi) is 5.32. The number of tetrazole rings is 1. The normalized spacial score (nSPS) is 24.6. The number of aliphatic carboxylic acids is 1. The Morgan fingerprint density at radius 2 is 2.04 bits per heavy atom. The topological polar surface area (TPSA) is 99.4 Å². The fourth-order valence-corrected chi connectivity index (χ4v) is 3.57. The van der Waals surface area contributed by atoms with Gasteiger partial charge in [-0.2, -0.15) is 0 Å². The molecule has 1 aromatic heterocycles. The fraction of sp³-hybridized carbons (Fsp3) is 0.857. The lowest BCUT2D eigenvalue weighted by Crippen LogP contribution is -2.46. The summed E-state index contributed by atoms with van der Waals surface area (Å²) in [6, 6.07) is 0. The van der Waals surface area contributed by atoms with E-state index in [0.717, 1.165) is 5.16 Å². The number of hydrogen-bond acceptors (Lipinski definition) is 7. The molecule has 2 rings (SSSR count). The van der Waals surface area contributed by atoms with Gasteiger partial charge in [0.25, 0.3) is 0 Å². The molecule has 0 saturated carbocycles. The van der Waals surface area contributed by atoms with E-state index in [0.29, 0.717) is 12.2 Å². The lowest BCUT2D eigenvalue weighted by atomic mass is 10.1. The summed E-state index contributed by atoms with van der Waals surface area (Å²) in [6.07, 6.45) is 0.0618. The van der Waals surface area contributed by atoms with E-state index >= 15 is 0 Å². The van der Waals surface area contributed by atoms with E-state index in [2.05, 4.69) is 15.5 Å². The average Bonchev–Trinajstić information content (AvgIpc) is 2.81.